The maximum Gasteiger partial charge on any atom is 0.401 e. The molecule has 0 saturated carbocycles. The van der Waals surface area contributed by atoms with E-state index in [0.29, 0.717) is 5.82 Å². The highest BCUT2D eigenvalue weighted by molar-refractivity contribution is 5.88. The van der Waals surface area contributed by atoms with Gasteiger partial charge in [0.05, 0.1) is 12.2 Å². The second-order valence-electron chi connectivity index (χ2n) is 7.23. The number of hydrogen-bond donors (Lipinski definition) is 1. The topological polar surface area (TPSA) is 53.4 Å². The van der Waals surface area contributed by atoms with Gasteiger partial charge in [0.25, 0.3) is 0 Å². The highest BCUT2D eigenvalue weighted by atomic mass is 19.4. The van der Waals surface area contributed by atoms with Crippen LogP contribution in [0, 0.1) is 13.8 Å². The van der Waals surface area contributed by atoms with Gasteiger partial charge in [0, 0.05) is 37.4 Å². The molecule has 0 radical (unpaired) electrons. The predicted octanol–water partition coefficient (Wildman–Crippen LogP) is 3.59. The first-order valence-electron chi connectivity index (χ1n) is 9.13. The van der Waals surface area contributed by atoms with Gasteiger partial charge in [-0.05, 0) is 32.9 Å². The summed E-state index contributed by atoms with van der Waals surface area (Å²) in [4.78, 5) is 15.4. The lowest BCUT2D eigenvalue weighted by molar-refractivity contribution is -0.153. The third-order valence-electron chi connectivity index (χ3n) is 4.84. The monoisotopic (exact) mass is 395 g/mol. The summed E-state index contributed by atoms with van der Waals surface area (Å²) >= 11 is 0. The van der Waals surface area contributed by atoms with E-state index in [0.717, 1.165) is 16.9 Å². The summed E-state index contributed by atoms with van der Waals surface area (Å²) in [7, 11) is 0. The van der Waals surface area contributed by atoms with Gasteiger partial charge in [0.2, 0.25) is 0 Å². The van der Waals surface area contributed by atoms with Gasteiger partial charge in [-0.1, -0.05) is 17.7 Å². The van der Waals surface area contributed by atoms with E-state index >= 15 is 0 Å². The maximum absolute atomic E-state index is 12.6. The van der Waals surface area contributed by atoms with Crippen LogP contribution in [0.3, 0.4) is 0 Å². The quantitative estimate of drug-likeness (QED) is 0.864. The molecule has 1 atom stereocenters. The number of anilines is 1. The van der Waals surface area contributed by atoms with Gasteiger partial charge in [-0.15, -0.1) is 5.10 Å². The number of aromatic nitrogens is 2. The molecule has 6 nitrogen and oxygen atoms in total. The highest BCUT2D eigenvalue weighted by Crippen LogP contribution is 2.21. The van der Waals surface area contributed by atoms with Crippen molar-refractivity contribution in [1.82, 2.24) is 19.6 Å². The van der Waals surface area contributed by atoms with Crippen molar-refractivity contribution < 1.29 is 18.0 Å². The second kappa shape index (κ2) is 7.83. The van der Waals surface area contributed by atoms with Crippen LogP contribution in [0.4, 0.5) is 23.8 Å². The Morgan fingerprint density at radius 2 is 1.89 bits per heavy atom. The van der Waals surface area contributed by atoms with Crippen LogP contribution in [0.1, 0.15) is 18.2 Å². The number of urea groups is 1. The Bertz CT molecular complexity index is 831. The van der Waals surface area contributed by atoms with E-state index in [2.05, 4.69) is 10.4 Å². The van der Waals surface area contributed by atoms with E-state index in [1.54, 1.807) is 17.7 Å². The lowest BCUT2D eigenvalue weighted by Gasteiger charge is -2.39. The summed E-state index contributed by atoms with van der Waals surface area (Å²) in [5, 5.41) is 7.18. The van der Waals surface area contributed by atoms with Crippen molar-refractivity contribution in [3.8, 4) is 5.69 Å². The van der Waals surface area contributed by atoms with Gasteiger partial charge in [-0.3, -0.25) is 10.2 Å². The fraction of sp³-hybridized carbons (Fsp3) is 0.474. The Morgan fingerprint density at radius 3 is 2.50 bits per heavy atom. The number of amides is 2. The van der Waals surface area contributed by atoms with E-state index in [1.165, 1.54) is 9.80 Å². The molecule has 0 aliphatic carbocycles. The molecule has 1 unspecified atom stereocenters. The zero-order valence-electron chi connectivity index (χ0n) is 16.1. The van der Waals surface area contributed by atoms with Crippen molar-refractivity contribution in [3.63, 3.8) is 0 Å². The number of carbonyl (C=O) groups is 1. The molecule has 1 N–H and O–H groups in total. The molecule has 1 aliphatic heterocycles. The molecule has 3 rings (SSSR count). The average molecular weight is 395 g/mol. The lowest BCUT2D eigenvalue weighted by Crippen LogP contribution is -2.56. The number of hydrogen-bond acceptors (Lipinski definition) is 3. The Balaban J connectivity index is 1.63. The second-order valence-corrected chi connectivity index (χ2v) is 7.23. The molecule has 2 aromatic rings. The summed E-state index contributed by atoms with van der Waals surface area (Å²) < 4.78 is 39.6. The van der Waals surface area contributed by atoms with Crippen molar-refractivity contribution in [3.05, 3.63) is 41.6 Å². The van der Waals surface area contributed by atoms with Crippen molar-refractivity contribution in [2.75, 3.05) is 31.5 Å². The number of piperazine rings is 1. The summed E-state index contributed by atoms with van der Waals surface area (Å²) in [5.41, 5.74) is 2.89. The number of carbonyl (C=O) groups excluding carboxylic acids is 1. The fourth-order valence-electron chi connectivity index (χ4n) is 3.32. The van der Waals surface area contributed by atoms with Gasteiger partial charge in [0.15, 0.2) is 5.82 Å². The van der Waals surface area contributed by atoms with Crippen molar-refractivity contribution in [2.24, 2.45) is 0 Å². The summed E-state index contributed by atoms with van der Waals surface area (Å²) in [6.45, 7) is 5.29. The number of rotatable bonds is 3. The molecule has 1 fully saturated rings. The van der Waals surface area contributed by atoms with Gasteiger partial charge in [-0.25, -0.2) is 9.48 Å². The van der Waals surface area contributed by atoms with E-state index in [9.17, 15) is 18.0 Å². The molecule has 2 amide bonds. The zero-order valence-corrected chi connectivity index (χ0v) is 16.1. The zero-order chi connectivity index (χ0) is 20.5. The molecule has 2 heterocycles. The van der Waals surface area contributed by atoms with Crippen LogP contribution < -0.4 is 5.32 Å². The first-order chi connectivity index (χ1) is 13.1. The molecular formula is C19H24F3N5O. The number of halogens is 3. The van der Waals surface area contributed by atoms with Crippen molar-refractivity contribution in [1.29, 1.82) is 0 Å². The number of nitrogens with zero attached hydrogens (tertiary/aromatic N) is 4. The first-order valence-corrected chi connectivity index (χ1v) is 9.13. The molecule has 1 aromatic carbocycles. The largest absolute Gasteiger partial charge is 0.401 e. The Labute approximate surface area is 161 Å². The summed E-state index contributed by atoms with van der Waals surface area (Å²) in [5.74, 6) is 0.411. The smallest absolute Gasteiger partial charge is 0.322 e. The normalized spacial score (nSPS) is 18.4. The SMILES string of the molecule is Cc1ccc(-n2nc(NC(=O)N3CCN(CC(F)(F)F)C(C)C3)cc2C)cc1. The van der Waals surface area contributed by atoms with Gasteiger partial charge in [0.1, 0.15) is 0 Å². The van der Waals surface area contributed by atoms with Crippen LogP contribution in [-0.4, -0.2) is 64.0 Å². The van der Waals surface area contributed by atoms with Gasteiger partial charge >= 0.3 is 12.2 Å². The number of alkyl halides is 3. The van der Waals surface area contributed by atoms with Crippen LogP contribution in [0.2, 0.25) is 0 Å². The van der Waals surface area contributed by atoms with Crippen LogP contribution in [0.25, 0.3) is 5.69 Å². The van der Waals surface area contributed by atoms with E-state index < -0.39 is 12.7 Å². The van der Waals surface area contributed by atoms with Crippen LogP contribution in [-0.2, 0) is 0 Å². The Hall–Kier alpha value is -2.55. The molecule has 152 valence electrons. The predicted molar refractivity (Wildman–Crippen MR) is 101 cm³/mol. The molecule has 0 spiro atoms. The summed E-state index contributed by atoms with van der Waals surface area (Å²) in [6.07, 6.45) is -4.24. The van der Waals surface area contributed by atoms with E-state index in [1.807, 2.05) is 38.1 Å². The molecule has 1 saturated heterocycles. The van der Waals surface area contributed by atoms with Crippen LogP contribution in [0.5, 0.6) is 0 Å². The standard InChI is InChI=1S/C19H24F3N5O/c1-13-4-6-16(7-5-13)27-14(2)10-17(24-27)23-18(28)25-8-9-26(15(3)11-25)12-19(20,21)22/h4-7,10,15H,8-9,11-12H2,1-3H3,(H,23,24,28). The minimum absolute atomic E-state index is 0.185. The lowest BCUT2D eigenvalue weighted by atomic mass is 10.2. The average Bonchev–Trinajstić information content (AvgIpc) is 2.96. The fourth-order valence-corrected chi connectivity index (χ4v) is 3.32. The van der Waals surface area contributed by atoms with Crippen molar-refractivity contribution >= 4 is 11.8 Å². The molecule has 1 aliphatic rings. The first kappa shape index (κ1) is 20.2. The Kier molecular flexibility index (Phi) is 5.64. The minimum Gasteiger partial charge on any atom is -0.322 e. The molecule has 1 aromatic heterocycles. The third-order valence-corrected chi connectivity index (χ3v) is 4.84. The van der Waals surface area contributed by atoms with E-state index in [-0.39, 0.29) is 31.7 Å². The molecule has 28 heavy (non-hydrogen) atoms. The number of aryl methyl sites for hydroxylation is 2. The molecular weight excluding hydrogens is 371 g/mol. The highest BCUT2D eigenvalue weighted by Gasteiger charge is 2.36. The molecule has 0 bridgehead atoms. The van der Waals surface area contributed by atoms with Gasteiger partial charge in [-0.2, -0.15) is 13.2 Å². The maximum atomic E-state index is 12.6. The van der Waals surface area contributed by atoms with Crippen molar-refractivity contribution in [2.45, 2.75) is 33.0 Å². The Morgan fingerprint density at radius 1 is 1.21 bits per heavy atom. The third kappa shape index (κ3) is 4.83. The number of nitrogens with one attached hydrogen (secondary N) is 1. The van der Waals surface area contributed by atoms with Crippen LogP contribution >= 0.6 is 0 Å². The summed E-state index contributed by atoms with van der Waals surface area (Å²) in [6, 6.07) is 8.90. The number of benzene rings is 1. The minimum atomic E-state index is -4.24. The van der Waals surface area contributed by atoms with E-state index in [4.69, 9.17) is 0 Å². The van der Waals surface area contributed by atoms with Gasteiger partial charge < -0.3 is 4.90 Å². The van der Waals surface area contributed by atoms with Crippen LogP contribution in [0.15, 0.2) is 30.3 Å². The molecule has 9 heteroatoms.